The third-order valence-corrected chi connectivity index (χ3v) is 2.52. The fraction of sp³-hybridized carbons (Fsp3) is 0.300. The zero-order chi connectivity index (χ0) is 10.2. The van der Waals surface area contributed by atoms with Gasteiger partial charge in [0, 0.05) is 5.69 Å². The molecule has 1 aromatic rings. The van der Waals surface area contributed by atoms with Crippen LogP contribution in [0.15, 0.2) is 18.2 Å². The fourth-order valence-electron chi connectivity index (χ4n) is 1.60. The van der Waals surface area contributed by atoms with Gasteiger partial charge in [0.25, 0.3) is 0 Å². The van der Waals surface area contributed by atoms with E-state index in [1.165, 1.54) is 6.07 Å². The first kappa shape index (κ1) is 9.12. The molecule has 1 amide bonds. The standard InChI is InChI=1S/C10H8F2NO/c11-5-10(6-12)7-3-1-2-4-8(7)13-9(10)14/h2-4H,5-6H2,(H,13,14). The van der Waals surface area contributed by atoms with Crippen LogP contribution >= 0.6 is 0 Å². The average Bonchev–Trinajstić information content (AvgIpc) is 2.50. The summed E-state index contributed by atoms with van der Waals surface area (Å²) in [6.45, 7) is -2.06. The zero-order valence-electron chi connectivity index (χ0n) is 7.31. The number of halogens is 2. The molecule has 2 nitrogen and oxygen atoms in total. The van der Waals surface area contributed by atoms with Crippen molar-refractivity contribution in [2.45, 2.75) is 5.41 Å². The third kappa shape index (κ3) is 0.967. The number of nitrogens with one attached hydrogen (secondary N) is 1. The molecule has 0 atom stereocenters. The Bertz CT molecular complexity index is 374. The maximum atomic E-state index is 12.8. The molecule has 0 fully saturated rings. The number of benzene rings is 1. The van der Waals surface area contributed by atoms with Crippen LogP contribution in [0.1, 0.15) is 5.56 Å². The van der Waals surface area contributed by atoms with E-state index in [9.17, 15) is 13.6 Å². The summed E-state index contributed by atoms with van der Waals surface area (Å²) in [7, 11) is 0. The lowest BCUT2D eigenvalue weighted by atomic mass is 9.84. The Morgan fingerprint density at radius 1 is 1.43 bits per heavy atom. The first-order chi connectivity index (χ1) is 6.74. The van der Waals surface area contributed by atoms with Crippen molar-refractivity contribution in [3.8, 4) is 0 Å². The molecule has 1 N–H and O–H groups in total. The summed E-state index contributed by atoms with van der Waals surface area (Å²) in [5.74, 6) is -0.614. The van der Waals surface area contributed by atoms with E-state index in [-0.39, 0.29) is 0 Å². The number of hydrogen-bond acceptors (Lipinski definition) is 1. The van der Waals surface area contributed by atoms with Gasteiger partial charge >= 0.3 is 0 Å². The number of fused-ring (bicyclic) bond motifs is 1. The van der Waals surface area contributed by atoms with E-state index < -0.39 is 24.7 Å². The number of rotatable bonds is 2. The quantitative estimate of drug-likeness (QED) is 0.765. The Hall–Kier alpha value is -1.45. The molecule has 1 aliphatic heterocycles. The first-order valence-electron chi connectivity index (χ1n) is 4.18. The van der Waals surface area contributed by atoms with Gasteiger partial charge in [0.05, 0.1) is 0 Å². The molecule has 2 rings (SSSR count). The Balaban J connectivity index is 2.58. The number of hydrogen-bond donors (Lipinski definition) is 1. The summed E-state index contributed by atoms with van der Waals surface area (Å²) in [5.41, 5.74) is -0.813. The molecule has 0 spiro atoms. The smallest absolute Gasteiger partial charge is 0.240 e. The highest BCUT2D eigenvalue weighted by Gasteiger charge is 2.47. The molecule has 1 radical (unpaired) electrons. The number of alkyl halides is 2. The number of carbonyl (C=O) groups is 1. The Kier molecular flexibility index (Phi) is 1.98. The van der Waals surface area contributed by atoms with Crippen molar-refractivity contribution in [2.24, 2.45) is 0 Å². The van der Waals surface area contributed by atoms with Crippen molar-refractivity contribution in [3.63, 3.8) is 0 Å². The van der Waals surface area contributed by atoms with Gasteiger partial charge in [-0.3, -0.25) is 4.79 Å². The molecule has 4 heteroatoms. The number of anilines is 1. The second kappa shape index (κ2) is 3.04. The summed E-state index contributed by atoms with van der Waals surface area (Å²) in [5, 5.41) is 2.45. The molecule has 0 aliphatic carbocycles. The van der Waals surface area contributed by atoms with Gasteiger partial charge < -0.3 is 5.32 Å². The Labute approximate surface area is 79.9 Å². The van der Waals surface area contributed by atoms with Crippen LogP contribution in [0.2, 0.25) is 0 Å². The van der Waals surface area contributed by atoms with E-state index in [4.69, 9.17) is 0 Å². The highest BCUT2D eigenvalue weighted by molar-refractivity contribution is 6.06. The van der Waals surface area contributed by atoms with Gasteiger partial charge in [0.1, 0.15) is 18.8 Å². The lowest BCUT2D eigenvalue weighted by molar-refractivity contribution is -0.122. The molecule has 0 saturated carbocycles. The van der Waals surface area contributed by atoms with Crippen LogP contribution in [0, 0.1) is 6.07 Å². The third-order valence-electron chi connectivity index (χ3n) is 2.52. The summed E-state index contributed by atoms with van der Waals surface area (Å²) in [6.07, 6.45) is 0. The summed E-state index contributed by atoms with van der Waals surface area (Å²) >= 11 is 0. The number of amides is 1. The molecule has 0 aromatic heterocycles. The molecule has 1 heterocycles. The van der Waals surface area contributed by atoms with Crippen LogP contribution in [0.3, 0.4) is 0 Å². The molecular formula is C10H8F2NO. The molecule has 0 saturated heterocycles. The van der Waals surface area contributed by atoms with E-state index in [1.807, 2.05) is 0 Å². The summed E-state index contributed by atoms with van der Waals surface area (Å²) in [4.78, 5) is 11.4. The average molecular weight is 196 g/mol. The van der Waals surface area contributed by atoms with Gasteiger partial charge in [-0.1, -0.05) is 6.07 Å². The Morgan fingerprint density at radius 2 is 2.14 bits per heavy atom. The largest absolute Gasteiger partial charge is 0.325 e. The van der Waals surface area contributed by atoms with Crippen molar-refractivity contribution in [3.05, 3.63) is 29.8 Å². The predicted molar refractivity (Wildman–Crippen MR) is 47.5 cm³/mol. The van der Waals surface area contributed by atoms with Gasteiger partial charge in [-0.25, -0.2) is 8.78 Å². The maximum absolute atomic E-state index is 12.8. The topological polar surface area (TPSA) is 29.1 Å². The van der Waals surface area contributed by atoms with E-state index in [0.717, 1.165) is 0 Å². The van der Waals surface area contributed by atoms with Crippen molar-refractivity contribution in [2.75, 3.05) is 18.7 Å². The van der Waals surface area contributed by atoms with Crippen molar-refractivity contribution < 1.29 is 13.6 Å². The van der Waals surface area contributed by atoms with Crippen molar-refractivity contribution in [1.29, 1.82) is 0 Å². The van der Waals surface area contributed by atoms with E-state index in [0.29, 0.717) is 11.3 Å². The predicted octanol–water partition coefficient (Wildman–Crippen LogP) is 1.62. The molecule has 0 unspecified atom stereocenters. The second-order valence-corrected chi connectivity index (χ2v) is 3.28. The Morgan fingerprint density at radius 3 is 2.79 bits per heavy atom. The maximum Gasteiger partial charge on any atom is 0.240 e. The van der Waals surface area contributed by atoms with E-state index >= 15 is 0 Å². The van der Waals surface area contributed by atoms with Crippen LogP contribution < -0.4 is 5.32 Å². The van der Waals surface area contributed by atoms with Gasteiger partial charge in [-0.15, -0.1) is 0 Å². The lowest BCUT2D eigenvalue weighted by Gasteiger charge is -2.18. The normalized spacial score (nSPS) is 17.7. The minimum atomic E-state index is -1.65. The van der Waals surface area contributed by atoms with Crippen LogP contribution in [0.25, 0.3) is 0 Å². The van der Waals surface area contributed by atoms with Gasteiger partial charge in [0.15, 0.2) is 0 Å². The zero-order valence-corrected chi connectivity index (χ0v) is 7.31. The second-order valence-electron chi connectivity index (χ2n) is 3.28. The summed E-state index contributed by atoms with van der Waals surface area (Å²) in [6, 6.07) is 7.33. The lowest BCUT2D eigenvalue weighted by Crippen LogP contribution is -2.38. The molecule has 0 bridgehead atoms. The van der Waals surface area contributed by atoms with Crippen LogP contribution in [-0.2, 0) is 10.2 Å². The van der Waals surface area contributed by atoms with Crippen molar-refractivity contribution >= 4 is 11.6 Å². The van der Waals surface area contributed by atoms with Gasteiger partial charge in [-0.2, -0.15) is 0 Å². The molecule has 14 heavy (non-hydrogen) atoms. The summed E-state index contributed by atoms with van der Waals surface area (Å²) < 4.78 is 25.5. The fourth-order valence-corrected chi connectivity index (χ4v) is 1.60. The van der Waals surface area contributed by atoms with Gasteiger partial charge in [-0.05, 0) is 23.8 Å². The van der Waals surface area contributed by atoms with Crippen LogP contribution in [-0.4, -0.2) is 19.3 Å². The highest BCUT2D eigenvalue weighted by Crippen LogP contribution is 2.38. The van der Waals surface area contributed by atoms with E-state index in [2.05, 4.69) is 11.4 Å². The van der Waals surface area contributed by atoms with Crippen LogP contribution in [0.5, 0.6) is 0 Å². The van der Waals surface area contributed by atoms with Gasteiger partial charge in [0.2, 0.25) is 5.91 Å². The monoisotopic (exact) mass is 196 g/mol. The molecule has 73 valence electrons. The minimum absolute atomic E-state index is 0.356. The highest BCUT2D eigenvalue weighted by atomic mass is 19.1. The van der Waals surface area contributed by atoms with E-state index in [1.54, 1.807) is 12.1 Å². The van der Waals surface area contributed by atoms with Crippen LogP contribution in [0.4, 0.5) is 14.5 Å². The first-order valence-corrected chi connectivity index (χ1v) is 4.18. The van der Waals surface area contributed by atoms with Crippen molar-refractivity contribution in [1.82, 2.24) is 0 Å². The molecular weight excluding hydrogens is 188 g/mol. The molecule has 1 aliphatic rings. The molecule has 1 aromatic carbocycles. The number of carbonyl (C=O) groups excluding carboxylic acids is 1. The SMILES string of the molecule is O=C1Nc2cc[c]cc2C1(CF)CF. The minimum Gasteiger partial charge on any atom is -0.325 e.